The summed E-state index contributed by atoms with van der Waals surface area (Å²) in [6, 6.07) is 55.9. The molecule has 0 fully saturated rings. The van der Waals surface area contributed by atoms with Crippen LogP contribution >= 0.6 is 22.7 Å². The Labute approximate surface area is 267 Å². The first-order valence-electron chi connectivity index (χ1n) is 15.3. The quantitative estimate of drug-likeness (QED) is 0.188. The van der Waals surface area contributed by atoms with Gasteiger partial charge in [0, 0.05) is 56.8 Å². The van der Waals surface area contributed by atoms with Crippen molar-refractivity contribution in [2.75, 3.05) is 0 Å². The monoisotopic (exact) mass is 607 g/mol. The third-order valence-corrected chi connectivity index (χ3v) is 11.6. The van der Waals surface area contributed by atoms with Gasteiger partial charge < -0.3 is 4.57 Å². The molecule has 0 aliphatic rings. The van der Waals surface area contributed by atoms with E-state index in [1.807, 2.05) is 22.7 Å². The minimum Gasteiger partial charge on any atom is -0.309 e. The molecule has 0 saturated carbocycles. The molecule has 0 atom stereocenters. The van der Waals surface area contributed by atoms with Crippen molar-refractivity contribution in [1.29, 1.82) is 0 Å². The first kappa shape index (κ1) is 25.1. The molecule has 1 nitrogen and oxygen atoms in total. The molecule has 3 heterocycles. The summed E-state index contributed by atoms with van der Waals surface area (Å²) in [4.78, 5) is 0. The zero-order valence-corrected chi connectivity index (χ0v) is 25.8. The van der Waals surface area contributed by atoms with Crippen molar-refractivity contribution in [3.05, 3.63) is 152 Å². The Morgan fingerprint density at radius 3 is 1.93 bits per heavy atom. The molecule has 10 aromatic rings. The Morgan fingerprint density at radius 2 is 1.07 bits per heavy atom. The van der Waals surface area contributed by atoms with E-state index < -0.39 is 0 Å². The minimum absolute atomic E-state index is 1.19. The average Bonchev–Trinajstić information content (AvgIpc) is 3.77. The fourth-order valence-corrected chi connectivity index (χ4v) is 9.43. The second-order valence-electron chi connectivity index (χ2n) is 11.7. The van der Waals surface area contributed by atoms with Crippen LogP contribution in [-0.4, -0.2) is 4.57 Å². The maximum atomic E-state index is 2.47. The van der Waals surface area contributed by atoms with Crippen molar-refractivity contribution in [2.24, 2.45) is 0 Å². The molecular formula is C42H25NS2. The smallest absolute Gasteiger partial charge is 0.0547 e. The van der Waals surface area contributed by atoms with Crippen molar-refractivity contribution >= 4 is 84.8 Å². The van der Waals surface area contributed by atoms with E-state index in [1.54, 1.807) is 0 Å². The van der Waals surface area contributed by atoms with E-state index >= 15 is 0 Å². The lowest BCUT2D eigenvalue weighted by atomic mass is 10.00. The van der Waals surface area contributed by atoms with Crippen LogP contribution in [-0.2, 0) is 0 Å². The van der Waals surface area contributed by atoms with Crippen LogP contribution in [0.5, 0.6) is 0 Å². The van der Waals surface area contributed by atoms with Gasteiger partial charge >= 0.3 is 0 Å². The first-order valence-corrected chi connectivity index (χ1v) is 16.9. The second kappa shape index (κ2) is 9.64. The minimum atomic E-state index is 1.19. The Morgan fingerprint density at radius 1 is 0.356 bits per heavy atom. The van der Waals surface area contributed by atoms with Crippen LogP contribution in [0, 0.1) is 0 Å². The summed E-state index contributed by atoms with van der Waals surface area (Å²) >= 11 is 3.76. The Hall–Kier alpha value is -5.22. The molecule has 3 heteroatoms. The highest BCUT2D eigenvalue weighted by atomic mass is 32.1. The lowest BCUT2D eigenvalue weighted by Gasteiger charge is -2.10. The summed E-state index contributed by atoms with van der Waals surface area (Å²) in [5.74, 6) is 0. The highest BCUT2D eigenvalue weighted by Gasteiger charge is 2.17. The molecule has 0 spiro atoms. The summed E-state index contributed by atoms with van der Waals surface area (Å²) in [5.41, 5.74) is 8.64. The van der Waals surface area contributed by atoms with Gasteiger partial charge in [-0.2, -0.15) is 0 Å². The standard InChI is InChI=1S/C42H25NS2/c1-2-9-26(10-3-1)27-17-20-31-35-23-28(30-13-8-14-34-32-11-4-7-16-40(32)45-42(30)34)18-21-37(35)43(38(31)24-27)29-19-22-41-36(25-29)33-12-5-6-15-39(33)44-41/h1-25H. The van der Waals surface area contributed by atoms with E-state index in [-0.39, 0.29) is 0 Å². The fourth-order valence-electron chi connectivity index (χ4n) is 7.10. The predicted octanol–water partition coefficient (Wildman–Crippen LogP) is 12.9. The molecule has 3 aromatic heterocycles. The third kappa shape index (κ3) is 3.78. The predicted molar refractivity (Wildman–Crippen MR) is 197 cm³/mol. The number of hydrogen-bond donors (Lipinski definition) is 0. The molecule has 0 aliphatic heterocycles. The number of aromatic nitrogens is 1. The van der Waals surface area contributed by atoms with Gasteiger partial charge in [-0.25, -0.2) is 0 Å². The van der Waals surface area contributed by atoms with Crippen LogP contribution in [0.25, 0.3) is 90.1 Å². The van der Waals surface area contributed by atoms with Crippen LogP contribution in [0.2, 0.25) is 0 Å². The van der Waals surface area contributed by atoms with Crippen LogP contribution in [0.1, 0.15) is 0 Å². The molecule has 0 unspecified atom stereocenters. The van der Waals surface area contributed by atoms with E-state index in [0.29, 0.717) is 0 Å². The third-order valence-electron chi connectivity index (χ3n) is 9.21. The number of benzene rings is 7. The number of rotatable bonds is 3. The van der Waals surface area contributed by atoms with E-state index in [2.05, 4.69) is 156 Å². The van der Waals surface area contributed by atoms with Gasteiger partial charge in [0.05, 0.1) is 11.0 Å². The van der Waals surface area contributed by atoms with Gasteiger partial charge in [-0.15, -0.1) is 22.7 Å². The normalized spacial score (nSPS) is 12.0. The van der Waals surface area contributed by atoms with Crippen molar-refractivity contribution in [1.82, 2.24) is 4.57 Å². The van der Waals surface area contributed by atoms with Crippen LogP contribution in [0.3, 0.4) is 0 Å². The molecule has 0 saturated heterocycles. The molecule has 0 aliphatic carbocycles. The maximum Gasteiger partial charge on any atom is 0.0547 e. The zero-order chi connectivity index (χ0) is 29.5. The summed E-state index contributed by atoms with van der Waals surface area (Å²) in [6.07, 6.45) is 0. The average molecular weight is 608 g/mol. The molecule has 0 amide bonds. The van der Waals surface area contributed by atoms with Gasteiger partial charge in [-0.05, 0) is 70.8 Å². The number of nitrogens with zero attached hydrogens (tertiary/aromatic N) is 1. The van der Waals surface area contributed by atoms with Crippen molar-refractivity contribution < 1.29 is 0 Å². The Balaban J connectivity index is 1.26. The SMILES string of the molecule is c1ccc(-c2ccc3c4cc(-c5cccc6c5sc5ccccc56)ccc4n(-c4ccc5sc6ccccc6c5c4)c3c2)cc1. The van der Waals surface area contributed by atoms with Crippen LogP contribution in [0.4, 0.5) is 0 Å². The van der Waals surface area contributed by atoms with Crippen LogP contribution < -0.4 is 0 Å². The van der Waals surface area contributed by atoms with Gasteiger partial charge in [-0.3, -0.25) is 0 Å². The van der Waals surface area contributed by atoms with Gasteiger partial charge in [0.1, 0.15) is 0 Å². The van der Waals surface area contributed by atoms with Gasteiger partial charge in [0.25, 0.3) is 0 Å². The highest BCUT2D eigenvalue weighted by Crippen LogP contribution is 2.43. The maximum absolute atomic E-state index is 2.47. The molecule has 0 radical (unpaired) electrons. The Kier molecular flexibility index (Phi) is 5.39. The summed E-state index contributed by atoms with van der Waals surface area (Å²) in [7, 11) is 0. The second-order valence-corrected chi connectivity index (χ2v) is 13.9. The zero-order valence-electron chi connectivity index (χ0n) is 24.2. The summed E-state index contributed by atoms with van der Waals surface area (Å²) < 4.78 is 7.81. The largest absolute Gasteiger partial charge is 0.309 e. The van der Waals surface area contributed by atoms with Crippen molar-refractivity contribution in [2.45, 2.75) is 0 Å². The number of thiophene rings is 2. The topological polar surface area (TPSA) is 4.93 Å². The summed E-state index contributed by atoms with van der Waals surface area (Å²) in [6.45, 7) is 0. The number of hydrogen-bond acceptors (Lipinski definition) is 2. The molecular weight excluding hydrogens is 583 g/mol. The molecule has 210 valence electrons. The van der Waals surface area contributed by atoms with E-state index in [0.717, 1.165) is 0 Å². The lowest BCUT2D eigenvalue weighted by molar-refractivity contribution is 1.19. The fraction of sp³-hybridized carbons (Fsp3) is 0. The molecule has 10 rings (SSSR count). The molecule has 0 bridgehead atoms. The molecule has 45 heavy (non-hydrogen) atoms. The van der Waals surface area contributed by atoms with Gasteiger partial charge in [0.15, 0.2) is 0 Å². The van der Waals surface area contributed by atoms with Gasteiger partial charge in [-0.1, -0.05) is 103 Å². The van der Waals surface area contributed by atoms with E-state index in [4.69, 9.17) is 0 Å². The van der Waals surface area contributed by atoms with Crippen molar-refractivity contribution in [3.63, 3.8) is 0 Å². The van der Waals surface area contributed by atoms with E-state index in [9.17, 15) is 0 Å². The van der Waals surface area contributed by atoms with E-state index in [1.165, 1.54) is 90.1 Å². The molecule has 7 aromatic carbocycles. The van der Waals surface area contributed by atoms with Gasteiger partial charge in [0.2, 0.25) is 0 Å². The lowest BCUT2D eigenvalue weighted by Crippen LogP contribution is -1.94. The summed E-state index contributed by atoms with van der Waals surface area (Å²) in [5, 5.41) is 7.85. The number of fused-ring (bicyclic) bond motifs is 9. The Bertz CT molecular complexity index is 2760. The highest BCUT2D eigenvalue weighted by molar-refractivity contribution is 7.26. The van der Waals surface area contributed by atoms with Crippen molar-refractivity contribution in [3.8, 4) is 27.9 Å². The first-order chi connectivity index (χ1) is 22.3. The molecule has 0 N–H and O–H groups in total. The van der Waals surface area contributed by atoms with Crippen LogP contribution in [0.15, 0.2) is 152 Å².